The van der Waals surface area contributed by atoms with Crippen molar-refractivity contribution in [1.82, 2.24) is 5.32 Å². The van der Waals surface area contributed by atoms with Gasteiger partial charge >= 0.3 is 0 Å². The highest BCUT2D eigenvalue weighted by Gasteiger charge is 2.30. The Kier molecular flexibility index (Phi) is 7.43. The molecule has 0 aromatic heterocycles. The Bertz CT molecular complexity index is 295. The highest BCUT2D eigenvalue weighted by atomic mass is 16.2. The van der Waals surface area contributed by atoms with Crippen LogP contribution in [0.1, 0.15) is 52.9 Å². The molecule has 0 bridgehead atoms. The number of rotatable bonds is 9. The monoisotopic (exact) mass is 256 g/mol. The third-order valence-corrected chi connectivity index (χ3v) is 2.62. The maximum atomic E-state index is 12.1. The Morgan fingerprint density at radius 2 is 2.00 bits per heavy atom. The summed E-state index contributed by atoms with van der Waals surface area (Å²) >= 11 is 0. The van der Waals surface area contributed by atoms with Crippen LogP contribution in [0.15, 0.2) is 0 Å². The number of ketones is 1. The molecule has 0 rings (SSSR count). The van der Waals surface area contributed by atoms with Gasteiger partial charge in [0.1, 0.15) is 6.29 Å². The van der Waals surface area contributed by atoms with Crippen LogP contribution in [0.4, 0.5) is 0 Å². The minimum absolute atomic E-state index is 0.115. The molecular formula is C13H24N2O3. The van der Waals surface area contributed by atoms with Gasteiger partial charge in [0.15, 0.2) is 5.78 Å². The van der Waals surface area contributed by atoms with Crippen LogP contribution in [0, 0.1) is 0 Å². The number of carbonyl (C=O) groups excluding carboxylic acids is 3. The number of nitrogens with two attached hydrogens (primary N) is 1. The Labute approximate surface area is 108 Å². The molecule has 0 saturated heterocycles. The molecule has 5 nitrogen and oxygen atoms in total. The van der Waals surface area contributed by atoms with E-state index in [2.05, 4.69) is 5.32 Å². The van der Waals surface area contributed by atoms with E-state index in [0.717, 1.165) is 12.8 Å². The molecule has 0 radical (unpaired) electrons. The van der Waals surface area contributed by atoms with Gasteiger partial charge in [-0.3, -0.25) is 9.59 Å². The van der Waals surface area contributed by atoms with E-state index in [-0.39, 0.29) is 24.5 Å². The molecule has 3 N–H and O–H groups in total. The molecule has 0 aliphatic rings. The Morgan fingerprint density at radius 1 is 1.39 bits per heavy atom. The summed E-state index contributed by atoms with van der Waals surface area (Å²) in [5, 5.41) is 2.67. The number of carbonyl (C=O) groups is 3. The van der Waals surface area contributed by atoms with E-state index in [9.17, 15) is 14.4 Å². The van der Waals surface area contributed by atoms with Crippen molar-refractivity contribution in [1.29, 1.82) is 0 Å². The molecule has 104 valence electrons. The molecule has 0 aromatic carbocycles. The van der Waals surface area contributed by atoms with Gasteiger partial charge in [0, 0.05) is 12.8 Å². The Morgan fingerprint density at radius 3 is 2.44 bits per heavy atom. The molecule has 18 heavy (non-hydrogen) atoms. The molecule has 0 aliphatic heterocycles. The average Bonchev–Trinajstić information content (AvgIpc) is 2.29. The smallest absolute Gasteiger partial charge is 0.221 e. The molecule has 0 heterocycles. The van der Waals surface area contributed by atoms with E-state index >= 15 is 0 Å². The van der Waals surface area contributed by atoms with Crippen LogP contribution in [0.5, 0.6) is 0 Å². The quantitative estimate of drug-likeness (QED) is 0.601. The summed E-state index contributed by atoms with van der Waals surface area (Å²) in [6.45, 7) is 5.28. The predicted octanol–water partition coefficient (Wildman–Crippen LogP) is 0.947. The Hall–Kier alpha value is -1.23. The standard InChI is InChI=1S/C13H24N2O3/c1-4-5-7-10(12(18)13(2,3)14)15-11(17)8-6-9-16/h9-10H,4-8,14H2,1-3H3,(H,15,17). The molecule has 0 aliphatic carbocycles. The van der Waals surface area contributed by atoms with Gasteiger partial charge in [0.2, 0.25) is 5.91 Å². The largest absolute Gasteiger partial charge is 0.346 e. The lowest BCUT2D eigenvalue weighted by molar-refractivity contribution is -0.130. The van der Waals surface area contributed by atoms with Crippen molar-refractivity contribution >= 4 is 18.0 Å². The van der Waals surface area contributed by atoms with E-state index in [4.69, 9.17) is 5.73 Å². The lowest BCUT2D eigenvalue weighted by Gasteiger charge is -2.25. The predicted molar refractivity (Wildman–Crippen MR) is 70.0 cm³/mol. The van der Waals surface area contributed by atoms with Crippen LogP contribution in [-0.4, -0.2) is 29.6 Å². The summed E-state index contributed by atoms with van der Waals surface area (Å²) < 4.78 is 0. The van der Waals surface area contributed by atoms with E-state index in [1.54, 1.807) is 13.8 Å². The fourth-order valence-corrected chi connectivity index (χ4v) is 1.58. The highest BCUT2D eigenvalue weighted by molar-refractivity contribution is 5.95. The van der Waals surface area contributed by atoms with Crippen molar-refractivity contribution in [3.63, 3.8) is 0 Å². The number of aldehydes is 1. The van der Waals surface area contributed by atoms with Gasteiger partial charge in [0.05, 0.1) is 11.6 Å². The van der Waals surface area contributed by atoms with E-state index in [1.807, 2.05) is 6.92 Å². The lowest BCUT2D eigenvalue weighted by Crippen LogP contribution is -2.53. The number of nitrogens with one attached hydrogen (secondary N) is 1. The highest BCUT2D eigenvalue weighted by Crippen LogP contribution is 2.10. The van der Waals surface area contributed by atoms with Crippen LogP contribution >= 0.6 is 0 Å². The summed E-state index contributed by atoms with van der Waals surface area (Å²) in [7, 11) is 0. The number of hydrogen-bond donors (Lipinski definition) is 2. The van der Waals surface area contributed by atoms with Gasteiger partial charge in [-0.2, -0.15) is 0 Å². The van der Waals surface area contributed by atoms with Crippen molar-refractivity contribution in [3.05, 3.63) is 0 Å². The molecule has 0 aromatic rings. The van der Waals surface area contributed by atoms with Crippen LogP contribution in [0.25, 0.3) is 0 Å². The summed E-state index contributed by atoms with van der Waals surface area (Å²) in [5.74, 6) is -0.448. The lowest BCUT2D eigenvalue weighted by atomic mass is 9.91. The summed E-state index contributed by atoms with van der Waals surface area (Å²) in [6, 6.07) is -0.552. The van der Waals surface area contributed by atoms with Gasteiger partial charge in [-0.25, -0.2) is 0 Å². The number of Topliss-reactive ketones (excluding diaryl/α,β-unsaturated/α-hetero) is 1. The third kappa shape index (κ3) is 6.49. The molecular weight excluding hydrogens is 232 g/mol. The number of hydrogen-bond acceptors (Lipinski definition) is 4. The van der Waals surface area contributed by atoms with Gasteiger partial charge < -0.3 is 15.8 Å². The maximum Gasteiger partial charge on any atom is 0.221 e. The molecule has 0 fully saturated rings. The minimum Gasteiger partial charge on any atom is -0.346 e. The third-order valence-electron chi connectivity index (χ3n) is 2.62. The first-order chi connectivity index (χ1) is 8.32. The number of amides is 1. The second-order valence-electron chi connectivity index (χ2n) is 5.05. The van der Waals surface area contributed by atoms with Crippen LogP contribution < -0.4 is 11.1 Å². The first kappa shape index (κ1) is 16.8. The van der Waals surface area contributed by atoms with E-state index < -0.39 is 11.6 Å². The maximum absolute atomic E-state index is 12.1. The topological polar surface area (TPSA) is 89.3 Å². The van der Waals surface area contributed by atoms with Gasteiger partial charge in [0.25, 0.3) is 0 Å². The molecule has 0 spiro atoms. The average molecular weight is 256 g/mol. The zero-order valence-corrected chi connectivity index (χ0v) is 11.5. The van der Waals surface area contributed by atoms with Crippen LogP contribution in [0.3, 0.4) is 0 Å². The first-order valence-electron chi connectivity index (χ1n) is 6.39. The van der Waals surface area contributed by atoms with Crippen molar-refractivity contribution in [2.75, 3.05) is 0 Å². The first-order valence-corrected chi connectivity index (χ1v) is 6.39. The van der Waals surface area contributed by atoms with E-state index in [1.165, 1.54) is 0 Å². The zero-order valence-electron chi connectivity index (χ0n) is 11.5. The second kappa shape index (κ2) is 7.97. The second-order valence-corrected chi connectivity index (χ2v) is 5.05. The normalized spacial score (nSPS) is 12.9. The minimum atomic E-state index is -0.962. The number of unbranched alkanes of at least 4 members (excludes halogenated alkanes) is 1. The zero-order chi connectivity index (χ0) is 14.2. The van der Waals surface area contributed by atoms with E-state index in [0.29, 0.717) is 12.7 Å². The SMILES string of the molecule is CCCCC(NC(=O)CCC=O)C(=O)C(C)(C)N. The van der Waals surface area contributed by atoms with Crippen LogP contribution in [-0.2, 0) is 14.4 Å². The van der Waals surface area contributed by atoms with Crippen molar-refractivity contribution in [2.24, 2.45) is 5.73 Å². The summed E-state index contributed by atoms with van der Waals surface area (Å²) in [5.41, 5.74) is 4.81. The van der Waals surface area contributed by atoms with Crippen molar-refractivity contribution < 1.29 is 14.4 Å². The molecule has 1 amide bonds. The molecule has 5 heteroatoms. The summed E-state index contributed by atoms with van der Waals surface area (Å²) in [4.78, 5) is 33.8. The molecule has 0 saturated carbocycles. The van der Waals surface area contributed by atoms with Gasteiger partial charge in [-0.05, 0) is 20.3 Å². The fourth-order valence-electron chi connectivity index (χ4n) is 1.58. The molecule has 1 atom stereocenters. The van der Waals surface area contributed by atoms with Crippen LogP contribution in [0.2, 0.25) is 0 Å². The van der Waals surface area contributed by atoms with Crippen molar-refractivity contribution in [3.8, 4) is 0 Å². The van der Waals surface area contributed by atoms with Gasteiger partial charge in [-0.15, -0.1) is 0 Å². The fraction of sp³-hybridized carbons (Fsp3) is 0.769. The van der Waals surface area contributed by atoms with Gasteiger partial charge in [-0.1, -0.05) is 19.8 Å². The molecule has 1 unspecified atom stereocenters. The van der Waals surface area contributed by atoms with Crippen molar-refractivity contribution in [2.45, 2.75) is 64.5 Å². The summed E-state index contributed by atoms with van der Waals surface area (Å²) in [6.07, 6.45) is 3.36. The Balaban J connectivity index is 4.53.